The summed E-state index contributed by atoms with van der Waals surface area (Å²) in [7, 11) is -4.79. The van der Waals surface area contributed by atoms with E-state index in [1.54, 1.807) is 27.7 Å². The van der Waals surface area contributed by atoms with Gasteiger partial charge >= 0.3 is 25.8 Å². The van der Waals surface area contributed by atoms with Gasteiger partial charge in [0.25, 0.3) is 0 Å². The molecule has 1 saturated heterocycles. The number of aliphatic hydroxyl groups is 1. The number of hydrogen-bond donors (Lipinski definition) is 2. The van der Waals surface area contributed by atoms with Gasteiger partial charge in [-0.05, 0) is 40.7 Å². The number of nitrogens with zero attached hydrogens (tertiary/aromatic N) is 2. The molecule has 0 aromatic carbocycles. The fourth-order valence-corrected chi connectivity index (χ4v) is 4.16. The maximum atomic E-state index is 14.9. The Morgan fingerprint density at radius 1 is 1.15 bits per heavy atom. The number of nitrogen functional groups attached to an aromatic ring is 1. The van der Waals surface area contributed by atoms with Crippen LogP contribution in [0, 0.1) is 0 Å². The van der Waals surface area contributed by atoms with E-state index in [0.717, 1.165) is 11.5 Å². The summed E-state index contributed by atoms with van der Waals surface area (Å²) in [6.45, 7) is 4.31. The van der Waals surface area contributed by atoms with Crippen LogP contribution in [0.1, 0.15) is 47.3 Å². The van der Waals surface area contributed by atoms with Crippen molar-refractivity contribution in [2.45, 2.75) is 77.4 Å². The summed E-state index contributed by atoms with van der Waals surface area (Å²) in [5.41, 5.74) is 2.50. The average Bonchev–Trinajstić information content (AvgIpc) is 3.14. The summed E-state index contributed by atoms with van der Waals surface area (Å²) in [5.74, 6) is -0.0579. The van der Waals surface area contributed by atoms with Crippen LogP contribution in [0.4, 0.5) is 19.8 Å². The van der Waals surface area contributed by atoms with Crippen molar-refractivity contribution < 1.29 is 60.9 Å². The summed E-state index contributed by atoms with van der Waals surface area (Å²) in [4.78, 5) is 39.0. The summed E-state index contributed by atoms with van der Waals surface area (Å²) in [6.07, 6.45) is -7.12. The maximum absolute atomic E-state index is 14.9. The molecule has 3 N–H and O–H groups in total. The molecular weight excluding hydrogens is 552 g/mol. The van der Waals surface area contributed by atoms with Gasteiger partial charge in [-0.2, -0.15) is 4.98 Å². The second-order valence-corrected chi connectivity index (χ2v) is 10.4. The lowest BCUT2D eigenvalue weighted by atomic mass is 9.93. The van der Waals surface area contributed by atoms with E-state index < -0.39 is 82.3 Å². The van der Waals surface area contributed by atoms with E-state index in [9.17, 15) is 28.4 Å². The summed E-state index contributed by atoms with van der Waals surface area (Å²) in [6, 6.07) is 1.30. The standard InChI is InChI=1S/C21H33FN3O13P/c1-12(2)36-19(28)31-10-34-39(30,35-11-32-20(29)37-13(3)4)33-9-21(14(5)22)15(26)8-17(38-21)25-7-6-16(23)24-18(25)27/h6-7,12-15,17,26H,8-11H2,1-5H3,(H2,23,24,27)/t14?,15-,17+,21-/m0/s1. The molecule has 0 saturated carbocycles. The van der Waals surface area contributed by atoms with Crippen LogP contribution in [0.5, 0.6) is 0 Å². The minimum Gasteiger partial charge on any atom is -0.432 e. The molecule has 2 rings (SSSR count). The molecule has 1 aliphatic heterocycles. The first kappa shape index (κ1) is 32.4. The maximum Gasteiger partial charge on any atom is 0.510 e. The van der Waals surface area contributed by atoms with Gasteiger partial charge in [-0.3, -0.25) is 9.09 Å². The number of anilines is 1. The van der Waals surface area contributed by atoms with Crippen LogP contribution >= 0.6 is 7.82 Å². The smallest absolute Gasteiger partial charge is 0.432 e. The fraction of sp³-hybridized carbons (Fsp3) is 0.714. The third-order valence-corrected chi connectivity index (χ3v) is 6.36. The molecule has 1 aliphatic rings. The molecule has 1 unspecified atom stereocenters. The van der Waals surface area contributed by atoms with Crippen LogP contribution in [0.15, 0.2) is 17.1 Å². The van der Waals surface area contributed by atoms with E-state index in [4.69, 9.17) is 33.5 Å². The Kier molecular flexibility index (Phi) is 11.6. The van der Waals surface area contributed by atoms with Crippen LogP contribution in [-0.4, -0.2) is 77.2 Å². The number of aromatic nitrogens is 2. The second kappa shape index (κ2) is 14.0. The average molecular weight is 585 g/mol. The summed E-state index contributed by atoms with van der Waals surface area (Å²) < 4.78 is 68.6. The molecule has 0 aliphatic carbocycles. The zero-order valence-electron chi connectivity index (χ0n) is 22.0. The lowest BCUT2D eigenvalue weighted by Crippen LogP contribution is -2.51. The molecule has 18 heteroatoms. The number of alkyl halides is 1. The molecule has 0 bridgehead atoms. The molecule has 0 spiro atoms. The molecule has 4 atom stereocenters. The molecule has 0 radical (unpaired) electrons. The Morgan fingerprint density at radius 2 is 1.69 bits per heavy atom. The first-order valence-electron chi connectivity index (χ1n) is 11.7. The third kappa shape index (κ3) is 9.40. The normalized spacial score (nSPS) is 22.1. The number of hydrogen-bond acceptors (Lipinski definition) is 15. The van der Waals surface area contributed by atoms with Gasteiger partial charge in [-0.1, -0.05) is 0 Å². The van der Waals surface area contributed by atoms with E-state index in [0.29, 0.717) is 0 Å². The Balaban J connectivity index is 2.16. The SMILES string of the molecule is CC(C)OC(=O)OCOP(=O)(OCOC(=O)OC(C)C)OC[C@@]1(C(C)F)O[C@@H](n2ccc(N)nc2=O)C[C@@H]1O. The van der Waals surface area contributed by atoms with Gasteiger partial charge in [0.1, 0.15) is 18.2 Å². The van der Waals surface area contributed by atoms with E-state index in [-0.39, 0.29) is 12.2 Å². The van der Waals surface area contributed by atoms with E-state index >= 15 is 0 Å². The van der Waals surface area contributed by atoms with Crippen molar-refractivity contribution in [1.29, 1.82) is 0 Å². The van der Waals surface area contributed by atoms with Gasteiger partial charge in [0.15, 0.2) is 5.60 Å². The van der Waals surface area contributed by atoms with Crippen LogP contribution in [-0.2, 0) is 41.8 Å². The third-order valence-electron chi connectivity index (χ3n) is 5.07. The van der Waals surface area contributed by atoms with Crippen molar-refractivity contribution in [3.05, 3.63) is 22.7 Å². The van der Waals surface area contributed by atoms with Gasteiger partial charge in [-0.15, -0.1) is 0 Å². The zero-order valence-corrected chi connectivity index (χ0v) is 22.9. The summed E-state index contributed by atoms with van der Waals surface area (Å²) in [5, 5.41) is 10.7. The van der Waals surface area contributed by atoms with Gasteiger partial charge in [0.05, 0.1) is 24.9 Å². The number of carbonyl (C=O) groups is 2. The van der Waals surface area contributed by atoms with Crippen LogP contribution in [0.25, 0.3) is 0 Å². The van der Waals surface area contributed by atoms with Gasteiger partial charge < -0.3 is 34.5 Å². The monoisotopic (exact) mass is 585 g/mol. The first-order valence-corrected chi connectivity index (χ1v) is 13.2. The minimum atomic E-state index is -4.79. The number of rotatable bonds is 13. The molecule has 39 heavy (non-hydrogen) atoms. The quantitative estimate of drug-likeness (QED) is 0.194. The molecule has 222 valence electrons. The Bertz CT molecular complexity index is 1050. The molecular formula is C21H33FN3O13P. The lowest BCUT2D eigenvalue weighted by Gasteiger charge is -2.34. The highest BCUT2D eigenvalue weighted by Crippen LogP contribution is 2.52. The van der Waals surface area contributed by atoms with Gasteiger partial charge in [0.2, 0.25) is 13.6 Å². The number of ether oxygens (including phenoxy) is 5. The number of phosphoric ester groups is 1. The number of carbonyl (C=O) groups excluding carboxylic acids is 2. The Labute approximate surface area is 223 Å². The van der Waals surface area contributed by atoms with Crippen LogP contribution in [0.2, 0.25) is 0 Å². The highest BCUT2D eigenvalue weighted by molar-refractivity contribution is 7.48. The van der Waals surface area contributed by atoms with Gasteiger partial charge in [0, 0.05) is 12.6 Å². The van der Waals surface area contributed by atoms with Crippen LogP contribution in [0.3, 0.4) is 0 Å². The number of nitrogens with two attached hydrogens (primary N) is 1. The molecule has 16 nitrogen and oxygen atoms in total. The molecule has 1 fully saturated rings. The highest BCUT2D eigenvalue weighted by atomic mass is 31.2. The number of halogens is 1. The minimum absolute atomic E-state index is 0.0579. The van der Waals surface area contributed by atoms with E-state index in [2.05, 4.69) is 14.5 Å². The Morgan fingerprint density at radius 3 is 2.15 bits per heavy atom. The second-order valence-electron chi connectivity index (χ2n) is 8.77. The first-order chi connectivity index (χ1) is 18.2. The van der Waals surface area contributed by atoms with Crippen molar-refractivity contribution in [2.75, 3.05) is 25.9 Å². The molecule has 1 aromatic heterocycles. The number of phosphoric acid groups is 1. The highest BCUT2D eigenvalue weighted by Gasteiger charge is 2.55. The van der Waals surface area contributed by atoms with Gasteiger partial charge in [-0.25, -0.2) is 32.4 Å². The summed E-state index contributed by atoms with van der Waals surface area (Å²) >= 11 is 0. The van der Waals surface area contributed by atoms with Crippen molar-refractivity contribution in [2.24, 2.45) is 0 Å². The number of aliphatic hydroxyl groups excluding tert-OH is 1. The predicted molar refractivity (Wildman–Crippen MR) is 128 cm³/mol. The van der Waals surface area contributed by atoms with E-state index in [1.807, 2.05) is 0 Å². The predicted octanol–water partition coefficient (Wildman–Crippen LogP) is 2.40. The van der Waals surface area contributed by atoms with Crippen molar-refractivity contribution in [1.82, 2.24) is 9.55 Å². The molecule has 2 heterocycles. The van der Waals surface area contributed by atoms with E-state index in [1.165, 1.54) is 12.3 Å². The largest absolute Gasteiger partial charge is 0.510 e. The lowest BCUT2D eigenvalue weighted by molar-refractivity contribution is -0.161. The topological polar surface area (TPSA) is 206 Å². The molecule has 0 amide bonds. The van der Waals surface area contributed by atoms with Crippen molar-refractivity contribution >= 4 is 26.0 Å². The Hall–Kier alpha value is -2.82. The molecule has 1 aromatic rings. The van der Waals surface area contributed by atoms with Crippen molar-refractivity contribution in [3.63, 3.8) is 0 Å². The van der Waals surface area contributed by atoms with Crippen molar-refractivity contribution in [3.8, 4) is 0 Å². The fourth-order valence-electron chi connectivity index (χ4n) is 3.21. The van der Waals surface area contributed by atoms with Crippen LogP contribution < -0.4 is 11.4 Å². The zero-order chi connectivity index (χ0) is 29.4.